The first kappa shape index (κ1) is 16.2. The van der Waals surface area contributed by atoms with Crippen LogP contribution in [0.5, 0.6) is 0 Å². The predicted octanol–water partition coefficient (Wildman–Crippen LogP) is 2.56. The highest BCUT2D eigenvalue weighted by Gasteiger charge is 2.07. The molecule has 0 spiro atoms. The Kier molecular flexibility index (Phi) is 5.68. The lowest BCUT2D eigenvalue weighted by atomic mass is 10.2. The van der Waals surface area contributed by atoms with E-state index in [0.29, 0.717) is 29.7 Å². The zero-order valence-electron chi connectivity index (χ0n) is 12.4. The summed E-state index contributed by atoms with van der Waals surface area (Å²) in [6, 6.07) is 5.52. The number of carbonyl (C=O) groups is 1. The minimum atomic E-state index is -0.234. The highest BCUT2D eigenvalue weighted by molar-refractivity contribution is 6.30. The van der Waals surface area contributed by atoms with E-state index in [-0.39, 0.29) is 5.91 Å². The van der Waals surface area contributed by atoms with Gasteiger partial charge in [0.2, 0.25) is 5.95 Å². The van der Waals surface area contributed by atoms with Crippen molar-refractivity contribution in [3.63, 3.8) is 0 Å². The third kappa shape index (κ3) is 4.41. The summed E-state index contributed by atoms with van der Waals surface area (Å²) in [5, 5.41) is 6.40. The van der Waals surface area contributed by atoms with E-state index in [1.165, 1.54) is 12.4 Å². The summed E-state index contributed by atoms with van der Waals surface area (Å²) in [6.45, 7) is 2.85. The molecule has 6 nitrogen and oxygen atoms in total. The van der Waals surface area contributed by atoms with Crippen LogP contribution in [0, 0.1) is 6.92 Å². The second-order valence-electron chi connectivity index (χ2n) is 4.63. The van der Waals surface area contributed by atoms with Gasteiger partial charge in [-0.1, -0.05) is 17.7 Å². The van der Waals surface area contributed by atoms with E-state index in [2.05, 4.69) is 20.6 Å². The molecule has 0 saturated heterocycles. The molecule has 0 radical (unpaired) electrons. The number of rotatable bonds is 6. The van der Waals surface area contributed by atoms with Gasteiger partial charge in [-0.3, -0.25) is 4.79 Å². The van der Waals surface area contributed by atoms with Crippen molar-refractivity contribution in [2.75, 3.05) is 25.6 Å². The predicted molar refractivity (Wildman–Crippen MR) is 85.7 cm³/mol. The molecule has 0 aliphatic carbocycles. The summed E-state index contributed by atoms with van der Waals surface area (Å²) in [5.74, 6) is 0.168. The molecule has 0 saturated carbocycles. The zero-order valence-corrected chi connectivity index (χ0v) is 13.1. The smallest absolute Gasteiger partial charge is 0.254 e. The van der Waals surface area contributed by atoms with Crippen molar-refractivity contribution in [3.8, 4) is 0 Å². The Labute approximate surface area is 133 Å². The molecule has 1 amide bonds. The van der Waals surface area contributed by atoms with Crippen LogP contribution in [0.15, 0.2) is 30.6 Å². The summed E-state index contributed by atoms with van der Waals surface area (Å²) in [6.07, 6.45) is 2.94. The van der Waals surface area contributed by atoms with Crippen LogP contribution in [0.3, 0.4) is 0 Å². The normalized spacial score (nSPS) is 10.3. The summed E-state index contributed by atoms with van der Waals surface area (Å²) < 4.78 is 4.87. The number of benzene rings is 1. The molecule has 2 rings (SSSR count). The molecule has 22 heavy (non-hydrogen) atoms. The van der Waals surface area contributed by atoms with E-state index in [1.807, 2.05) is 19.1 Å². The number of ether oxygens (including phenoxy) is 1. The first-order valence-corrected chi connectivity index (χ1v) is 7.10. The fourth-order valence-corrected chi connectivity index (χ4v) is 1.90. The van der Waals surface area contributed by atoms with E-state index in [1.54, 1.807) is 13.2 Å². The van der Waals surface area contributed by atoms with Gasteiger partial charge in [0.25, 0.3) is 5.91 Å². The average Bonchev–Trinajstić information content (AvgIpc) is 2.52. The number of hydrogen-bond donors (Lipinski definition) is 2. The van der Waals surface area contributed by atoms with Gasteiger partial charge < -0.3 is 15.4 Å². The van der Waals surface area contributed by atoms with Gasteiger partial charge in [0, 0.05) is 36.8 Å². The number of hydrogen-bond acceptors (Lipinski definition) is 5. The second kappa shape index (κ2) is 7.72. The summed E-state index contributed by atoms with van der Waals surface area (Å²) in [4.78, 5) is 20.1. The number of amides is 1. The molecule has 2 N–H and O–H groups in total. The monoisotopic (exact) mass is 320 g/mol. The van der Waals surface area contributed by atoms with Crippen LogP contribution in [0.25, 0.3) is 0 Å². The average molecular weight is 321 g/mol. The van der Waals surface area contributed by atoms with Crippen LogP contribution in [-0.2, 0) is 4.74 Å². The SMILES string of the molecule is COCCNC(=O)c1cnc(Nc2cc(Cl)ccc2C)nc1. The highest BCUT2D eigenvalue weighted by Crippen LogP contribution is 2.22. The lowest BCUT2D eigenvalue weighted by Gasteiger charge is -2.09. The maximum atomic E-state index is 11.8. The molecule has 0 aliphatic heterocycles. The number of methoxy groups -OCH3 is 1. The molecule has 1 heterocycles. The Bertz CT molecular complexity index is 646. The fraction of sp³-hybridized carbons (Fsp3) is 0.267. The number of halogens is 1. The molecule has 0 atom stereocenters. The second-order valence-corrected chi connectivity index (χ2v) is 5.06. The Balaban J connectivity index is 2.02. The van der Waals surface area contributed by atoms with Gasteiger partial charge in [0.15, 0.2) is 0 Å². The van der Waals surface area contributed by atoms with Crippen LogP contribution >= 0.6 is 11.6 Å². The van der Waals surface area contributed by atoms with Crippen molar-refractivity contribution < 1.29 is 9.53 Å². The Morgan fingerprint density at radius 2 is 2.05 bits per heavy atom. The van der Waals surface area contributed by atoms with Crippen molar-refractivity contribution in [1.82, 2.24) is 15.3 Å². The molecule has 0 aliphatic rings. The van der Waals surface area contributed by atoms with Gasteiger partial charge in [-0.05, 0) is 24.6 Å². The molecule has 2 aromatic rings. The van der Waals surface area contributed by atoms with Gasteiger partial charge >= 0.3 is 0 Å². The molecular formula is C15H17ClN4O2. The molecule has 0 unspecified atom stereocenters. The van der Waals surface area contributed by atoms with Gasteiger partial charge in [0.05, 0.1) is 12.2 Å². The first-order chi connectivity index (χ1) is 10.6. The Morgan fingerprint density at radius 1 is 1.32 bits per heavy atom. The lowest BCUT2D eigenvalue weighted by Crippen LogP contribution is -2.27. The van der Waals surface area contributed by atoms with Crippen molar-refractivity contribution in [2.24, 2.45) is 0 Å². The summed E-state index contributed by atoms with van der Waals surface area (Å²) >= 11 is 5.97. The topological polar surface area (TPSA) is 76.1 Å². The molecular weight excluding hydrogens is 304 g/mol. The third-order valence-corrected chi connectivity index (χ3v) is 3.19. The molecule has 1 aromatic carbocycles. The van der Waals surface area contributed by atoms with E-state index in [0.717, 1.165) is 11.3 Å². The zero-order chi connectivity index (χ0) is 15.9. The largest absolute Gasteiger partial charge is 0.383 e. The van der Waals surface area contributed by atoms with Gasteiger partial charge in [-0.2, -0.15) is 0 Å². The lowest BCUT2D eigenvalue weighted by molar-refractivity contribution is 0.0936. The molecule has 116 valence electrons. The molecule has 1 aromatic heterocycles. The Morgan fingerprint density at radius 3 is 2.73 bits per heavy atom. The van der Waals surface area contributed by atoms with E-state index in [4.69, 9.17) is 16.3 Å². The van der Waals surface area contributed by atoms with Crippen molar-refractivity contribution >= 4 is 29.1 Å². The van der Waals surface area contributed by atoms with Crippen LogP contribution in [0.1, 0.15) is 15.9 Å². The summed E-state index contributed by atoms with van der Waals surface area (Å²) in [7, 11) is 1.58. The number of nitrogens with one attached hydrogen (secondary N) is 2. The van der Waals surface area contributed by atoms with Gasteiger partial charge in [-0.25, -0.2) is 9.97 Å². The minimum Gasteiger partial charge on any atom is -0.383 e. The maximum Gasteiger partial charge on any atom is 0.254 e. The van der Waals surface area contributed by atoms with E-state index < -0.39 is 0 Å². The van der Waals surface area contributed by atoms with Gasteiger partial charge in [0.1, 0.15) is 0 Å². The highest BCUT2D eigenvalue weighted by atomic mass is 35.5. The third-order valence-electron chi connectivity index (χ3n) is 2.95. The molecule has 0 fully saturated rings. The number of nitrogens with zero attached hydrogens (tertiary/aromatic N) is 2. The van der Waals surface area contributed by atoms with Crippen molar-refractivity contribution in [3.05, 3.63) is 46.7 Å². The van der Waals surface area contributed by atoms with E-state index in [9.17, 15) is 4.79 Å². The molecule has 7 heteroatoms. The standard InChI is InChI=1S/C15H17ClN4O2/c1-10-3-4-12(16)7-13(10)20-15-18-8-11(9-19-15)14(21)17-5-6-22-2/h3-4,7-9H,5-6H2,1-2H3,(H,17,21)(H,18,19,20). The first-order valence-electron chi connectivity index (χ1n) is 6.72. The number of carbonyl (C=O) groups excluding carboxylic acids is 1. The van der Waals surface area contributed by atoms with Crippen molar-refractivity contribution in [1.29, 1.82) is 0 Å². The minimum absolute atomic E-state index is 0.234. The number of aryl methyl sites for hydroxylation is 1. The van der Waals surface area contributed by atoms with Gasteiger partial charge in [-0.15, -0.1) is 0 Å². The quantitative estimate of drug-likeness (QED) is 0.800. The van der Waals surface area contributed by atoms with Crippen molar-refractivity contribution in [2.45, 2.75) is 6.92 Å². The number of anilines is 2. The van der Waals surface area contributed by atoms with Crippen LogP contribution in [-0.4, -0.2) is 36.1 Å². The fourth-order valence-electron chi connectivity index (χ4n) is 1.73. The number of aromatic nitrogens is 2. The van der Waals surface area contributed by atoms with Crippen LogP contribution < -0.4 is 10.6 Å². The molecule has 0 bridgehead atoms. The maximum absolute atomic E-state index is 11.8. The Hall–Kier alpha value is -2.18. The van der Waals surface area contributed by atoms with Crippen LogP contribution in [0.2, 0.25) is 5.02 Å². The summed E-state index contributed by atoms with van der Waals surface area (Å²) in [5.41, 5.74) is 2.24. The van der Waals surface area contributed by atoms with E-state index >= 15 is 0 Å². The van der Waals surface area contributed by atoms with Crippen LogP contribution in [0.4, 0.5) is 11.6 Å².